The number of urea groups is 1. The largest absolute Gasteiger partial charge is 0.351 e. The van der Waals surface area contributed by atoms with Crippen molar-refractivity contribution in [1.29, 1.82) is 0 Å². The van der Waals surface area contributed by atoms with E-state index < -0.39 is 18.0 Å². The number of nitrogens with one attached hydrogen (secondary N) is 1. The van der Waals surface area contributed by atoms with E-state index in [9.17, 15) is 9.59 Å². The van der Waals surface area contributed by atoms with Gasteiger partial charge in [0, 0.05) is 0 Å². The smallest absolute Gasteiger partial charge is 0.318 e. The fourth-order valence-electron chi connectivity index (χ4n) is 1.01. The summed E-state index contributed by atoms with van der Waals surface area (Å²) in [7, 11) is 0. The van der Waals surface area contributed by atoms with Gasteiger partial charge in [0.2, 0.25) is 5.91 Å². The molecule has 5 N–H and O–H groups in total. The van der Waals surface area contributed by atoms with Crippen molar-refractivity contribution < 1.29 is 9.59 Å². The Morgan fingerprint density at radius 1 is 1.21 bits per heavy atom. The van der Waals surface area contributed by atoms with Gasteiger partial charge in [-0.05, 0) is 5.56 Å². The van der Waals surface area contributed by atoms with Crippen LogP contribution in [0.25, 0.3) is 0 Å². The van der Waals surface area contributed by atoms with Gasteiger partial charge in [-0.1, -0.05) is 30.3 Å². The van der Waals surface area contributed by atoms with Crippen molar-refractivity contribution in [3.8, 4) is 0 Å². The fraction of sp³-hybridized carbons (Fsp3) is 0.111. The first kappa shape index (κ1) is 10.2. The number of carbonyl (C=O) groups is 2. The zero-order chi connectivity index (χ0) is 10.6. The van der Waals surface area contributed by atoms with Gasteiger partial charge in [0.15, 0.2) is 0 Å². The lowest BCUT2D eigenvalue weighted by Crippen LogP contribution is -2.40. The summed E-state index contributed by atoms with van der Waals surface area (Å²) in [6.07, 6.45) is 0. The zero-order valence-electron chi connectivity index (χ0n) is 7.44. The molecule has 1 aromatic carbocycles. The molecule has 0 fully saturated rings. The summed E-state index contributed by atoms with van der Waals surface area (Å²) >= 11 is 0. The number of hydrogen-bond donors (Lipinski definition) is 3. The van der Waals surface area contributed by atoms with E-state index in [1.165, 1.54) is 0 Å². The van der Waals surface area contributed by atoms with E-state index in [2.05, 4.69) is 0 Å². The topological polar surface area (TPSA) is 98.2 Å². The van der Waals surface area contributed by atoms with Crippen molar-refractivity contribution in [2.24, 2.45) is 11.5 Å². The molecule has 0 aliphatic carbocycles. The number of benzene rings is 1. The predicted octanol–water partition coefficient (Wildman–Crippen LogP) is -0.119. The molecular formula is C9H11N3O2. The molecule has 1 aromatic rings. The highest BCUT2D eigenvalue weighted by Gasteiger charge is 2.16. The minimum atomic E-state index is -0.901. The number of amides is 3. The molecule has 14 heavy (non-hydrogen) atoms. The normalized spacial score (nSPS) is 11.8. The van der Waals surface area contributed by atoms with Crippen LogP contribution in [0.2, 0.25) is 0 Å². The van der Waals surface area contributed by atoms with E-state index in [1.807, 2.05) is 11.4 Å². The molecule has 1 atom stereocenters. The standard InChI is InChI=1S/C9H11N3O2/c10-7(8(13)12-9(11)14)6-4-2-1-3-5-6/h1-5,7H,10H2,(H3,11,12,13,14)/t7-/m0/s1. The number of rotatable bonds is 2. The van der Waals surface area contributed by atoms with Gasteiger partial charge in [0.05, 0.1) is 0 Å². The summed E-state index contributed by atoms with van der Waals surface area (Å²) in [5.41, 5.74) is 11.0. The van der Waals surface area contributed by atoms with E-state index >= 15 is 0 Å². The van der Waals surface area contributed by atoms with Gasteiger partial charge in [-0.2, -0.15) is 0 Å². The third-order valence-electron chi connectivity index (χ3n) is 1.69. The second-order valence-corrected chi connectivity index (χ2v) is 2.74. The SMILES string of the molecule is NC(=O)NC(=O)[C@@H](N)c1ccccc1. The molecule has 3 amide bonds. The Morgan fingerprint density at radius 2 is 1.79 bits per heavy atom. The van der Waals surface area contributed by atoms with Gasteiger partial charge >= 0.3 is 6.03 Å². The minimum absolute atomic E-state index is 0.608. The Hall–Kier alpha value is -1.88. The maximum absolute atomic E-state index is 11.2. The summed E-state index contributed by atoms with van der Waals surface area (Å²) in [4.78, 5) is 21.6. The van der Waals surface area contributed by atoms with E-state index in [0.717, 1.165) is 0 Å². The lowest BCUT2D eigenvalue weighted by Gasteiger charge is -2.09. The maximum Gasteiger partial charge on any atom is 0.318 e. The molecule has 0 saturated heterocycles. The van der Waals surface area contributed by atoms with Gasteiger partial charge in [0.1, 0.15) is 6.04 Å². The van der Waals surface area contributed by atoms with Gasteiger partial charge in [-0.25, -0.2) is 4.79 Å². The first-order valence-electron chi connectivity index (χ1n) is 4.02. The van der Waals surface area contributed by atoms with Gasteiger partial charge in [-0.15, -0.1) is 0 Å². The molecule has 0 unspecified atom stereocenters. The van der Waals surface area contributed by atoms with Crippen molar-refractivity contribution in [3.63, 3.8) is 0 Å². The van der Waals surface area contributed by atoms with E-state index in [1.54, 1.807) is 24.3 Å². The molecule has 0 aliphatic rings. The summed E-state index contributed by atoms with van der Waals surface area (Å²) < 4.78 is 0. The third kappa shape index (κ3) is 2.56. The van der Waals surface area contributed by atoms with Crippen LogP contribution in [-0.4, -0.2) is 11.9 Å². The second kappa shape index (κ2) is 4.38. The van der Waals surface area contributed by atoms with Crippen molar-refractivity contribution in [2.75, 3.05) is 0 Å². The molecule has 74 valence electrons. The first-order chi connectivity index (χ1) is 6.61. The molecule has 0 bridgehead atoms. The Labute approximate surface area is 81.1 Å². The van der Waals surface area contributed by atoms with E-state index in [4.69, 9.17) is 11.5 Å². The Balaban J connectivity index is 2.71. The Morgan fingerprint density at radius 3 is 2.29 bits per heavy atom. The molecule has 0 radical (unpaired) electrons. The summed E-state index contributed by atoms with van der Waals surface area (Å²) in [6.45, 7) is 0. The van der Waals surface area contributed by atoms with Gasteiger partial charge < -0.3 is 11.5 Å². The Bertz CT molecular complexity index is 337. The average Bonchev–Trinajstić information content (AvgIpc) is 2.17. The van der Waals surface area contributed by atoms with Gasteiger partial charge in [-0.3, -0.25) is 10.1 Å². The van der Waals surface area contributed by atoms with Crippen molar-refractivity contribution in [3.05, 3.63) is 35.9 Å². The van der Waals surface area contributed by atoms with Crippen molar-refractivity contribution in [1.82, 2.24) is 5.32 Å². The lowest BCUT2D eigenvalue weighted by atomic mass is 10.1. The number of primary amides is 1. The number of nitrogens with two attached hydrogens (primary N) is 2. The van der Waals surface area contributed by atoms with Crippen molar-refractivity contribution in [2.45, 2.75) is 6.04 Å². The zero-order valence-corrected chi connectivity index (χ0v) is 7.44. The maximum atomic E-state index is 11.2. The predicted molar refractivity (Wildman–Crippen MR) is 51.1 cm³/mol. The number of hydrogen-bond acceptors (Lipinski definition) is 3. The molecule has 0 aliphatic heterocycles. The van der Waals surface area contributed by atoms with Crippen LogP contribution in [-0.2, 0) is 4.79 Å². The fourth-order valence-corrected chi connectivity index (χ4v) is 1.01. The third-order valence-corrected chi connectivity index (χ3v) is 1.69. The molecular weight excluding hydrogens is 182 g/mol. The highest BCUT2D eigenvalue weighted by Crippen LogP contribution is 2.08. The summed E-state index contributed by atoms with van der Waals surface area (Å²) in [6, 6.07) is 6.95. The van der Waals surface area contributed by atoms with Crippen LogP contribution in [0.5, 0.6) is 0 Å². The quantitative estimate of drug-likeness (QED) is 0.610. The highest BCUT2D eigenvalue weighted by atomic mass is 16.2. The van der Waals surface area contributed by atoms with Crippen LogP contribution in [0.1, 0.15) is 11.6 Å². The van der Waals surface area contributed by atoms with Crippen LogP contribution >= 0.6 is 0 Å². The molecule has 0 aromatic heterocycles. The van der Waals surface area contributed by atoms with Crippen LogP contribution in [0, 0.1) is 0 Å². The number of imide groups is 1. The molecule has 1 rings (SSSR count). The summed E-state index contributed by atoms with van der Waals surface area (Å²) in [5, 5.41) is 1.92. The molecule has 5 nitrogen and oxygen atoms in total. The van der Waals surface area contributed by atoms with Crippen LogP contribution in [0.4, 0.5) is 4.79 Å². The van der Waals surface area contributed by atoms with Crippen LogP contribution in [0.15, 0.2) is 30.3 Å². The molecule has 5 heteroatoms. The van der Waals surface area contributed by atoms with E-state index in [-0.39, 0.29) is 0 Å². The molecule has 0 heterocycles. The first-order valence-corrected chi connectivity index (χ1v) is 4.02. The average molecular weight is 193 g/mol. The Kier molecular flexibility index (Phi) is 3.19. The highest BCUT2D eigenvalue weighted by molar-refractivity contribution is 5.96. The monoisotopic (exact) mass is 193 g/mol. The van der Waals surface area contributed by atoms with Crippen LogP contribution in [0.3, 0.4) is 0 Å². The van der Waals surface area contributed by atoms with Crippen LogP contribution < -0.4 is 16.8 Å². The molecule has 0 spiro atoms. The van der Waals surface area contributed by atoms with E-state index in [0.29, 0.717) is 5.56 Å². The minimum Gasteiger partial charge on any atom is -0.351 e. The second-order valence-electron chi connectivity index (χ2n) is 2.74. The van der Waals surface area contributed by atoms with Crippen molar-refractivity contribution >= 4 is 11.9 Å². The van der Waals surface area contributed by atoms with Gasteiger partial charge in [0.25, 0.3) is 0 Å². The number of carbonyl (C=O) groups excluding carboxylic acids is 2. The molecule has 0 saturated carbocycles. The summed E-state index contributed by atoms with van der Waals surface area (Å²) in [5.74, 6) is -0.608. The lowest BCUT2D eigenvalue weighted by molar-refractivity contribution is -0.121.